The van der Waals surface area contributed by atoms with Gasteiger partial charge in [-0.2, -0.15) is 0 Å². The van der Waals surface area contributed by atoms with E-state index in [1.165, 1.54) is 11.3 Å². The zero-order valence-electron chi connectivity index (χ0n) is 23.5. The zero-order chi connectivity index (χ0) is 27.7. The Morgan fingerprint density at radius 1 is 0.789 bits per heavy atom. The fourth-order valence-electron chi connectivity index (χ4n) is 4.09. The number of fused-ring (bicyclic) bond motifs is 1. The molecule has 0 radical (unpaired) electrons. The summed E-state index contributed by atoms with van der Waals surface area (Å²) in [5.74, 6) is 2.47. The third kappa shape index (κ3) is 6.60. The first kappa shape index (κ1) is 29.3. The van der Waals surface area contributed by atoms with Crippen LogP contribution in [0.15, 0.2) is 24.3 Å². The molecule has 38 heavy (non-hydrogen) atoms. The molecule has 0 bridgehead atoms. The lowest BCUT2D eigenvalue weighted by atomic mass is 10.1. The van der Waals surface area contributed by atoms with E-state index in [0.717, 1.165) is 23.3 Å². The molecule has 0 N–H and O–H groups in total. The zero-order valence-corrected chi connectivity index (χ0v) is 24.3. The summed E-state index contributed by atoms with van der Waals surface area (Å²) in [6.07, 6.45) is 0. The number of carbonyl (C=O) groups excluding carboxylic acids is 1. The van der Waals surface area contributed by atoms with Crippen LogP contribution in [0.3, 0.4) is 0 Å². The fourth-order valence-corrected chi connectivity index (χ4v) is 5.09. The van der Waals surface area contributed by atoms with Crippen molar-refractivity contribution in [1.82, 2.24) is 9.88 Å². The van der Waals surface area contributed by atoms with Gasteiger partial charge in [-0.25, -0.2) is 4.98 Å². The highest BCUT2D eigenvalue weighted by atomic mass is 32.1. The van der Waals surface area contributed by atoms with Gasteiger partial charge in [-0.05, 0) is 46.0 Å². The van der Waals surface area contributed by atoms with E-state index < -0.39 is 0 Å². The van der Waals surface area contributed by atoms with Crippen molar-refractivity contribution in [2.24, 2.45) is 0 Å². The molecular formula is C28H39N3O6S. The van der Waals surface area contributed by atoms with Crippen LogP contribution in [-0.2, 0) is 0 Å². The Hall–Kier alpha value is -3.24. The van der Waals surface area contributed by atoms with E-state index in [0.29, 0.717) is 72.4 Å². The molecule has 0 saturated carbocycles. The third-order valence-electron chi connectivity index (χ3n) is 6.05. The van der Waals surface area contributed by atoms with Crippen LogP contribution in [0, 0.1) is 0 Å². The Morgan fingerprint density at radius 2 is 1.37 bits per heavy atom. The number of anilines is 1. The van der Waals surface area contributed by atoms with Crippen LogP contribution in [0.2, 0.25) is 0 Å². The molecular weight excluding hydrogens is 506 g/mol. The van der Waals surface area contributed by atoms with E-state index in [-0.39, 0.29) is 5.91 Å². The van der Waals surface area contributed by atoms with E-state index in [2.05, 4.69) is 18.7 Å². The second-order valence-corrected chi connectivity index (χ2v) is 9.26. The summed E-state index contributed by atoms with van der Waals surface area (Å²) in [6.45, 7) is 14.2. The van der Waals surface area contributed by atoms with Gasteiger partial charge in [0, 0.05) is 30.8 Å². The molecule has 0 aliphatic heterocycles. The Kier molecular flexibility index (Phi) is 10.8. The smallest absolute Gasteiger partial charge is 0.260 e. The standard InChI is InChI=1S/C28H39N3O6S/c1-8-30(9-2)13-14-31(28-29-20-17-21(33-6)22(34-7)18-25(20)38-28)27(32)19-15-23(35-10-3)26(37-12-5)24(16-19)36-11-4/h15-18H,8-14H2,1-7H3. The third-order valence-corrected chi connectivity index (χ3v) is 7.09. The van der Waals surface area contributed by atoms with Gasteiger partial charge in [-0.15, -0.1) is 0 Å². The number of amides is 1. The van der Waals surface area contributed by atoms with Crippen LogP contribution in [0.4, 0.5) is 5.13 Å². The van der Waals surface area contributed by atoms with Crippen LogP contribution in [0.5, 0.6) is 28.7 Å². The molecule has 0 aliphatic rings. The van der Waals surface area contributed by atoms with Crippen molar-refractivity contribution in [2.45, 2.75) is 34.6 Å². The lowest BCUT2D eigenvalue weighted by Crippen LogP contribution is -2.38. The quantitative estimate of drug-likeness (QED) is 0.248. The second kappa shape index (κ2) is 14.1. The SMILES string of the molecule is CCOc1cc(C(=O)N(CCN(CC)CC)c2nc3cc(OC)c(OC)cc3s2)cc(OCC)c1OCC. The van der Waals surface area contributed by atoms with Gasteiger partial charge in [0.25, 0.3) is 5.91 Å². The number of hydrogen-bond donors (Lipinski definition) is 0. The number of rotatable bonds is 15. The molecule has 3 rings (SSSR count). The minimum absolute atomic E-state index is 0.194. The van der Waals surface area contributed by atoms with Gasteiger partial charge in [0.15, 0.2) is 28.1 Å². The van der Waals surface area contributed by atoms with Crippen LogP contribution >= 0.6 is 11.3 Å². The van der Waals surface area contributed by atoms with Crippen molar-refractivity contribution in [3.05, 3.63) is 29.8 Å². The fraction of sp³-hybridized carbons (Fsp3) is 0.500. The molecule has 1 aromatic heterocycles. The molecule has 2 aromatic carbocycles. The first-order valence-corrected chi connectivity index (χ1v) is 13.9. The Morgan fingerprint density at radius 3 is 1.89 bits per heavy atom. The Balaban J connectivity index is 2.11. The predicted octanol–water partition coefficient (Wildman–Crippen LogP) is 5.50. The van der Waals surface area contributed by atoms with Gasteiger partial charge in [-0.3, -0.25) is 9.69 Å². The van der Waals surface area contributed by atoms with Crippen molar-refractivity contribution in [3.8, 4) is 28.7 Å². The average molecular weight is 546 g/mol. The molecule has 0 aliphatic carbocycles. The lowest BCUT2D eigenvalue weighted by molar-refractivity contribution is 0.0982. The molecule has 1 amide bonds. The molecule has 9 nitrogen and oxygen atoms in total. The number of benzene rings is 2. The molecule has 0 fully saturated rings. The maximum Gasteiger partial charge on any atom is 0.260 e. The molecule has 208 valence electrons. The molecule has 3 aromatic rings. The highest BCUT2D eigenvalue weighted by molar-refractivity contribution is 7.22. The summed E-state index contributed by atoms with van der Waals surface area (Å²) in [7, 11) is 3.19. The topological polar surface area (TPSA) is 82.6 Å². The number of aromatic nitrogens is 1. The number of likely N-dealkylation sites (N-methyl/N-ethyl adjacent to an activating group) is 1. The maximum atomic E-state index is 14.1. The number of nitrogens with zero attached hydrogens (tertiary/aromatic N) is 3. The Bertz CT molecular complexity index is 1140. The number of carbonyl (C=O) groups is 1. The molecule has 10 heteroatoms. The highest BCUT2D eigenvalue weighted by Crippen LogP contribution is 2.41. The normalized spacial score (nSPS) is 11.1. The minimum Gasteiger partial charge on any atom is -0.493 e. The largest absolute Gasteiger partial charge is 0.493 e. The van der Waals surface area contributed by atoms with Crippen molar-refractivity contribution < 1.29 is 28.5 Å². The van der Waals surface area contributed by atoms with Crippen LogP contribution in [-0.4, -0.2) is 76.0 Å². The minimum atomic E-state index is -0.194. The molecule has 0 atom stereocenters. The van der Waals surface area contributed by atoms with Crippen molar-refractivity contribution in [3.63, 3.8) is 0 Å². The molecule has 0 spiro atoms. The van der Waals surface area contributed by atoms with Crippen molar-refractivity contribution >= 4 is 32.6 Å². The number of thiazole rings is 1. The van der Waals surface area contributed by atoms with Gasteiger partial charge in [0.05, 0.1) is 44.3 Å². The summed E-state index contributed by atoms with van der Waals surface area (Å²) in [4.78, 5) is 22.9. The van der Waals surface area contributed by atoms with Crippen LogP contribution < -0.4 is 28.6 Å². The van der Waals surface area contributed by atoms with Crippen LogP contribution in [0.25, 0.3) is 10.2 Å². The Labute approximate surface area is 229 Å². The summed E-state index contributed by atoms with van der Waals surface area (Å²) in [5, 5.41) is 0.595. The predicted molar refractivity (Wildman–Crippen MR) is 152 cm³/mol. The van der Waals surface area contributed by atoms with E-state index in [1.54, 1.807) is 31.3 Å². The monoisotopic (exact) mass is 545 g/mol. The van der Waals surface area contributed by atoms with Gasteiger partial charge in [0.1, 0.15) is 0 Å². The second-order valence-electron chi connectivity index (χ2n) is 8.26. The van der Waals surface area contributed by atoms with E-state index in [9.17, 15) is 4.79 Å². The van der Waals surface area contributed by atoms with Gasteiger partial charge < -0.3 is 28.6 Å². The van der Waals surface area contributed by atoms with Crippen molar-refractivity contribution in [2.75, 3.05) is 65.1 Å². The molecule has 0 saturated heterocycles. The summed E-state index contributed by atoms with van der Waals surface area (Å²) < 4.78 is 29.4. The molecule has 0 unspecified atom stereocenters. The maximum absolute atomic E-state index is 14.1. The van der Waals surface area contributed by atoms with E-state index >= 15 is 0 Å². The number of methoxy groups -OCH3 is 2. The summed E-state index contributed by atoms with van der Waals surface area (Å²) in [6, 6.07) is 7.17. The van der Waals surface area contributed by atoms with Gasteiger partial charge >= 0.3 is 0 Å². The first-order valence-electron chi connectivity index (χ1n) is 13.1. The first-order chi connectivity index (χ1) is 18.4. The summed E-state index contributed by atoms with van der Waals surface area (Å²) >= 11 is 1.44. The van der Waals surface area contributed by atoms with Gasteiger partial charge in [-0.1, -0.05) is 25.2 Å². The van der Waals surface area contributed by atoms with Crippen LogP contribution in [0.1, 0.15) is 45.0 Å². The van der Waals surface area contributed by atoms with Gasteiger partial charge in [0.2, 0.25) is 5.75 Å². The van der Waals surface area contributed by atoms with E-state index in [1.807, 2.05) is 32.9 Å². The lowest BCUT2D eigenvalue weighted by Gasteiger charge is -2.25. The number of hydrogen-bond acceptors (Lipinski definition) is 9. The number of ether oxygens (including phenoxy) is 5. The summed E-state index contributed by atoms with van der Waals surface area (Å²) in [5.41, 5.74) is 1.18. The molecule has 1 heterocycles. The average Bonchev–Trinajstić information content (AvgIpc) is 3.34. The van der Waals surface area contributed by atoms with Crippen molar-refractivity contribution in [1.29, 1.82) is 0 Å². The highest BCUT2D eigenvalue weighted by Gasteiger charge is 2.26. The van der Waals surface area contributed by atoms with E-state index in [4.69, 9.17) is 28.7 Å².